The molecule has 0 unspecified atom stereocenters. The molecule has 4 heteroatoms. The Kier molecular flexibility index (Phi) is 6.07. The first-order chi connectivity index (χ1) is 1.73. The smallest absolute Gasteiger partial charge is 0.450 e. The standard InChI is InChI=1S/CH2O3.Be/c2-1(3)4;/h(H2,2,3,4);/q;+2/p+1. The number of rotatable bonds is 0. The summed E-state index contributed by atoms with van der Waals surface area (Å²) in [5.74, 6) is 0. The fourth-order valence-corrected chi connectivity index (χ4v) is 0. The van der Waals surface area contributed by atoms with Crippen LogP contribution in [0.25, 0.3) is 0 Å². The van der Waals surface area contributed by atoms with Crippen LogP contribution < -0.4 is 0 Å². The molecule has 0 aromatic rings. The molecule has 0 aliphatic rings. The van der Waals surface area contributed by atoms with Crippen molar-refractivity contribution >= 4 is 16.3 Å². The van der Waals surface area contributed by atoms with Crippen LogP contribution >= 0.6 is 0 Å². The molecule has 5 heavy (non-hydrogen) atoms. The Labute approximate surface area is 33.9 Å². The first-order valence-corrected chi connectivity index (χ1v) is 0.651. The van der Waals surface area contributed by atoms with Crippen LogP contribution in [-0.2, 0) is 0 Å². The van der Waals surface area contributed by atoms with Crippen molar-refractivity contribution in [1.82, 2.24) is 0 Å². The summed E-state index contributed by atoms with van der Waals surface area (Å²) < 4.78 is 0. The summed E-state index contributed by atoms with van der Waals surface area (Å²) in [6.07, 6.45) is -1.83. The molecule has 0 atom stereocenters. The summed E-state index contributed by atoms with van der Waals surface area (Å²) in [6.45, 7) is 0. The van der Waals surface area contributed by atoms with Crippen LogP contribution in [0.3, 0.4) is 0 Å². The minimum atomic E-state index is -1.83. The minimum absolute atomic E-state index is 0. The molecule has 3 nitrogen and oxygen atoms in total. The van der Waals surface area contributed by atoms with Crippen LogP contribution in [-0.4, -0.2) is 26.5 Å². The fraction of sp³-hybridized carbons (Fsp3) is 0. The van der Waals surface area contributed by atoms with E-state index in [1.165, 1.54) is 0 Å². The van der Waals surface area contributed by atoms with Crippen molar-refractivity contribution in [3.05, 3.63) is 0 Å². The summed E-state index contributed by atoms with van der Waals surface area (Å²) in [5.41, 5.74) is 0. The van der Waals surface area contributed by atoms with Gasteiger partial charge in [-0.3, -0.25) is 0 Å². The van der Waals surface area contributed by atoms with E-state index in [1.54, 1.807) is 0 Å². The van der Waals surface area contributed by atoms with E-state index in [4.69, 9.17) is 15.0 Å². The zero-order valence-electron chi connectivity index (χ0n) is 3.51. The van der Waals surface area contributed by atoms with Crippen LogP contribution in [0.4, 0.5) is 4.79 Å². The van der Waals surface area contributed by atoms with Crippen LogP contribution in [0.2, 0.25) is 0 Å². The average molecular weight is 72.0 g/mol. The zero-order chi connectivity index (χ0) is 3.58. The molecule has 0 aromatic carbocycles. The van der Waals surface area contributed by atoms with E-state index >= 15 is 0 Å². The van der Waals surface area contributed by atoms with E-state index in [2.05, 4.69) is 0 Å². The Morgan fingerprint density at radius 2 is 1.60 bits per heavy atom. The molecule has 24 valence electrons. The molecular formula is CH3BeO3+3. The van der Waals surface area contributed by atoms with E-state index in [1.807, 2.05) is 0 Å². The molecule has 0 rings (SSSR count). The van der Waals surface area contributed by atoms with Gasteiger partial charge in [-0.1, -0.05) is 0 Å². The Morgan fingerprint density at radius 1 is 1.60 bits per heavy atom. The van der Waals surface area contributed by atoms with E-state index in [-0.39, 0.29) is 11.5 Å². The average Bonchev–Trinajstić information content (AvgIpc) is 0.811. The Bertz CT molecular complexity index is 33.8. The minimum Gasteiger partial charge on any atom is -0.450 e. The van der Waals surface area contributed by atoms with Gasteiger partial charge in [0.15, 0.2) is 0 Å². The van der Waals surface area contributed by atoms with Crippen LogP contribution in [0.1, 0.15) is 1.43 Å². The number of hydrogen-bond acceptors (Lipinski definition) is 1. The molecule has 0 heterocycles. The van der Waals surface area contributed by atoms with E-state index in [0.29, 0.717) is 0 Å². The molecule has 0 aliphatic carbocycles. The summed E-state index contributed by atoms with van der Waals surface area (Å²) in [4.78, 5) is 8.56. The van der Waals surface area contributed by atoms with Gasteiger partial charge in [0.2, 0.25) is 0 Å². The van der Waals surface area contributed by atoms with E-state index in [0.717, 1.165) is 0 Å². The fourth-order valence-electron chi connectivity index (χ4n) is 0. The number of hydrogen-bond donors (Lipinski definition) is 2. The number of carbonyl (C=O) groups is 1. The van der Waals surface area contributed by atoms with Gasteiger partial charge in [-0.25, -0.2) is 4.79 Å². The summed E-state index contributed by atoms with van der Waals surface area (Å²) >= 11 is 0. The van der Waals surface area contributed by atoms with E-state index in [9.17, 15) is 0 Å². The van der Waals surface area contributed by atoms with Gasteiger partial charge in [-0.2, -0.15) is 0 Å². The van der Waals surface area contributed by atoms with Gasteiger partial charge in [0.05, 0.1) is 0 Å². The maximum absolute atomic E-state index is 8.56. The normalized spacial score (nSPS) is 4.80. The third kappa shape index (κ3) is 22.6. The summed E-state index contributed by atoms with van der Waals surface area (Å²) in [5, 5.41) is 13.9. The van der Waals surface area contributed by atoms with Gasteiger partial charge in [0.1, 0.15) is 0 Å². The van der Waals surface area contributed by atoms with Crippen LogP contribution in [0.15, 0.2) is 0 Å². The molecule has 0 spiro atoms. The first kappa shape index (κ1) is 8.83. The summed E-state index contributed by atoms with van der Waals surface area (Å²) in [6, 6.07) is 0. The third-order valence-electron chi connectivity index (χ3n) is 0. The molecule has 0 aromatic heterocycles. The van der Waals surface area contributed by atoms with Crippen molar-refractivity contribution in [2.75, 3.05) is 0 Å². The zero-order valence-corrected chi connectivity index (χ0v) is 2.51. The largest absolute Gasteiger partial charge is 2.00 e. The van der Waals surface area contributed by atoms with Crippen molar-refractivity contribution in [1.29, 1.82) is 0 Å². The summed E-state index contributed by atoms with van der Waals surface area (Å²) in [7, 11) is 0. The molecule has 0 radical (unpaired) electrons. The predicted octanol–water partition coefficient (Wildman–Crippen LogP) is -0.0459. The maximum Gasteiger partial charge on any atom is 2.00 e. The second-order valence-corrected chi connectivity index (χ2v) is 0.283. The Hall–Kier alpha value is -0.561. The Morgan fingerprint density at radius 3 is 1.60 bits per heavy atom. The van der Waals surface area contributed by atoms with Gasteiger partial charge in [-0.15, -0.1) is 0 Å². The molecule has 0 amide bonds. The third-order valence-corrected chi connectivity index (χ3v) is 0. The SMILES string of the molecule is O=C(O)O.[Be+2].[H+]. The molecule has 0 saturated heterocycles. The predicted molar refractivity (Wildman–Crippen MR) is 17.5 cm³/mol. The second-order valence-electron chi connectivity index (χ2n) is 0.283. The van der Waals surface area contributed by atoms with Crippen LogP contribution in [0, 0.1) is 0 Å². The molecule has 2 N–H and O–H groups in total. The number of carboxylic acid groups (broad SMARTS) is 2. The van der Waals surface area contributed by atoms with Gasteiger partial charge in [0.25, 0.3) is 0 Å². The maximum atomic E-state index is 8.56. The van der Waals surface area contributed by atoms with Gasteiger partial charge >= 0.3 is 17.7 Å². The monoisotopic (exact) mass is 72.0 g/mol. The van der Waals surface area contributed by atoms with Gasteiger partial charge in [0, 0.05) is 0 Å². The van der Waals surface area contributed by atoms with Crippen molar-refractivity contribution in [2.45, 2.75) is 0 Å². The molecule has 0 fully saturated rings. The Balaban J connectivity index is -0.0000000450. The van der Waals surface area contributed by atoms with Crippen molar-refractivity contribution in [3.63, 3.8) is 0 Å². The van der Waals surface area contributed by atoms with Crippen molar-refractivity contribution in [2.24, 2.45) is 0 Å². The topological polar surface area (TPSA) is 57.5 Å². The molecular weight excluding hydrogens is 69.0 g/mol. The van der Waals surface area contributed by atoms with Crippen LogP contribution in [0.5, 0.6) is 0 Å². The quantitative estimate of drug-likeness (QED) is 0.394. The first-order valence-electron chi connectivity index (χ1n) is 0.651. The second kappa shape index (κ2) is 3.44. The molecule has 0 bridgehead atoms. The van der Waals surface area contributed by atoms with E-state index < -0.39 is 6.16 Å². The van der Waals surface area contributed by atoms with Gasteiger partial charge < -0.3 is 10.2 Å². The molecule has 0 saturated carbocycles. The molecule has 0 aliphatic heterocycles. The van der Waals surface area contributed by atoms with Gasteiger partial charge in [-0.05, 0) is 0 Å². The van der Waals surface area contributed by atoms with Crippen molar-refractivity contribution in [3.8, 4) is 0 Å². The van der Waals surface area contributed by atoms with Crippen molar-refractivity contribution < 1.29 is 16.4 Å².